The first-order valence-electron chi connectivity index (χ1n) is 11.3. The summed E-state index contributed by atoms with van der Waals surface area (Å²) in [4.78, 5) is 35.9. The standard InChI is InChI=1S/C8H8O2.C7H5ClO.C7H7NO2.3C2H6/c1-10-8(9)7-5-3-2-4-6-7;8-7(9)6-4-2-1-3-5-6;8-10-7(9)6-4-2-1-3-5-6;3*1-2/h2-6H,1H3;1-5H;1-5H,8H2;3*1-2H3. The van der Waals surface area contributed by atoms with E-state index in [0.717, 1.165) is 0 Å². The van der Waals surface area contributed by atoms with E-state index in [2.05, 4.69) is 15.5 Å². The second-order valence-electron chi connectivity index (χ2n) is 5.27. The van der Waals surface area contributed by atoms with Crippen molar-refractivity contribution in [1.82, 2.24) is 0 Å². The van der Waals surface area contributed by atoms with Crippen LogP contribution in [0.25, 0.3) is 0 Å². The molecule has 0 atom stereocenters. The van der Waals surface area contributed by atoms with Gasteiger partial charge in [0.25, 0.3) is 5.24 Å². The van der Waals surface area contributed by atoms with E-state index >= 15 is 0 Å². The van der Waals surface area contributed by atoms with E-state index in [0.29, 0.717) is 16.7 Å². The Kier molecular flexibility index (Phi) is 27.6. The van der Waals surface area contributed by atoms with Gasteiger partial charge < -0.3 is 9.57 Å². The molecule has 7 heteroatoms. The number of esters is 1. The lowest BCUT2D eigenvalue weighted by Gasteiger charge is -1.95. The lowest BCUT2D eigenvalue weighted by Crippen LogP contribution is -2.09. The van der Waals surface area contributed by atoms with Gasteiger partial charge in [-0.1, -0.05) is 108 Å². The first kappa shape index (κ1) is 36.1. The Morgan fingerprint density at radius 2 is 0.857 bits per heavy atom. The molecule has 3 aromatic carbocycles. The van der Waals surface area contributed by atoms with Crippen LogP contribution in [0.2, 0.25) is 0 Å². The predicted molar refractivity (Wildman–Crippen MR) is 144 cm³/mol. The van der Waals surface area contributed by atoms with Crippen molar-refractivity contribution in [2.45, 2.75) is 41.5 Å². The molecule has 0 aliphatic carbocycles. The molecule has 0 unspecified atom stereocenters. The van der Waals surface area contributed by atoms with Crippen LogP contribution in [-0.4, -0.2) is 24.3 Å². The third-order valence-corrected chi connectivity index (χ3v) is 3.53. The summed E-state index contributed by atoms with van der Waals surface area (Å²) in [5.41, 5.74) is 1.59. The second-order valence-corrected chi connectivity index (χ2v) is 5.61. The van der Waals surface area contributed by atoms with Crippen LogP contribution in [0.3, 0.4) is 0 Å². The molecule has 0 spiro atoms. The van der Waals surface area contributed by atoms with E-state index in [9.17, 15) is 14.4 Å². The molecule has 0 amide bonds. The highest BCUT2D eigenvalue weighted by Gasteiger charge is 2.02. The number of benzene rings is 3. The Bertz CT molecular complexity index is 837. The summed E-state index contributed by atoms with van der Waals surface area (Å²) in [5, 5.41) is -0.407. The third kappa shape index (κ3) is 18.6. The summed E-state index contributed by atoms with van der Waals surface area (Å²) in [6.45, 7) is 12.0. The Balaban J connectivity index is -0.000000396. The van der Waals surface area contributed by atoms with Crippen LogP contribution < -0.4 is 5.90 Å². The zero-order chi connectivity index (χ0) is 27.5. The minimum absolute atomic E-state index is 0.291. The number of carbonyl (C=O) groups excluding carboxylic acids is 3. The molecule has 0 aromatic heterocycles. The molecule has 3 rings (SSSR count). The maximum absolute atomic E-state index is 10.8. The van der Waals surface area contributed by atoms with Crippen LogP contribution in [-0.2, 0) is 9.57 Å². The highest BCUT2D eigenvalue weighted by atomic mass is 35.5. The molecule has 0 saturated carbocycles. The molecule has 2 N–H and O–H groups in total. The molecule has 0 aliphatic heterocycles. The fourth-order valence-corrected chi connectivity index (χ4v) is 2.03. The zero-order valence-corrected chi connectivity index (χ0v) is 22.4. The van der Waals surface area contributed by atoms with E-state index in [1.54, 1.807) is 72.8 Å². The normalized spacial score (nSPS) is 7.91. The van der Waals surface area contributed by atoms with Crippen LogP contribution in [0.4, 0.5) is 0 Å². The van der Waals surface area contributed by atoms with E-state index in [-0.39, 0.29) is 5.97 Å². The average molecular weight is 504 g/mol. The van der Waals surface area contributed by atoms with Gasteiger partial charge in [0.05, 0.1) is 18.2 Å². The van der Waals surface area contributed by atoms with Gasteiger partial charge in [-0.2, -0.15) is 5.90 Å². The van der Waals surface area contributed by atoms with Gasteiger partial charge in [0.1, 0.15) is 0 Å². The third-order valence-electron chi connectivity index (χ3n) is 3.31. The van der Waals surface area contributed by atoms with Crippen LogP contribution >= 0.6 is 11.6 Å². The average Bonchev–Trinajstić information content (AvgIpc) is 2.97. The lowest BCUT2D eigenvalue weighted by atomic mass is 10.2. The Morgan fingerprint density at radius 1 is 0.571 bits per heavy atom. The number of hydrogen-bond donors (Lipinski definition) is 1. The van der Waals surface area contributed by atoms with E-state index < -0.39 is 11.2 Å². The zero-order valence-electron chi connectivity index (χ0n) is 21.7. The van der Waals surface area contributed by atoms with Crippen molar-refractivity contribution in [3.63, 3.8) is 0 Å². The van der Waals surface area contributed by atoms with Crippen molar-refractivity contribution in [3.8, 4) is 0 Å². The fourth-order valence-electron chi connectivity index (χ4n) is 1.90. The van der Waals surface area contributed by atoms with Crippen LogP contribution in [0.15, 0.2) is 91.0 Å². The number of carbonyl (C=O) groups is 3. The number of halogens is 1. The van der Waals surface area contributed by atoms with Crippen molar-refractivity contribution in [1.29, 1.82) is 0 Å². The second kappa shape index (κ2) is 26.8. The summed E-state index contributed by atoms with van der Waals surface area (Å²) < 4.78 is 4.50. The molecule has 0 bridgehead atoms. The molecule has 3 aromatic rings. The molecule has 0 saturated heterocycles. The molecule has 192 valence electrons. The van der Waals surface area contributed by atoms with Crippen molar-refractivity contribution in [2.75, 3.05) is 7.11 Å². The largest absolute Gasteiger partial charge is 0.465 e. The molecule has 6 nitrogen and oxygen atoms in total. The molecular formula is C28H38ClNO5. The van der Waals surface area contributed by atoms with Crippen LogP contribution in [0, 0.1) is 0 Å². The Labute approximate surface area is 215 Å². The van der Waals surface area contributed by atoms with Gasteiger partial charge in [0.15, 0.2) is 0 Å². The van der Waals surface area contributed by atoms with Gasteiger partial charge in [-0.05, 0) is 35.9 Å². The minimum atomic E-state index is -0.513. The summed E-state index contributed by atoms with van der Waals surface area (Å²) in [6.07, 6.45) is 0. The molecule has 0 heterocycles. The summed E-state index contributed by atoms with van der Waals surface area (Å²) in [7, 11) is 1.37. The molecule has 0 aliphatic rings. The maximum Gasteiger partial charge on any atom is 0.356 e. The molecule has 0 radical (unpaired) electrons. The van der Waals surface area contributed by atoms with Crippen LogP contribution in [0.5, 0.6) is 0 Å². The van der Waals surface area contributed by atoms with Gasteiger partial charge in [-0.3, -0.25) is 4.79 Å². The summed E-state index contributed by atoms with van der Waals surface area (Å²) in [5.74, 6) is 3.85. The minimum Gasteiger partial charge on any atom is -0.465 e. The van der Waals surface area contributed by atoms with Gasteiger partial charge in [-0.15, -0.1) is 0 Å². The van der Waals surface area contributed by atoms with E-state index in [1.165, 1.54) is 7.11 Å². The predicted octanol–water partition coefficient (Wildman–Crippen LogP) is 7.33. The smallest absolute Gasteiger partial charge is 0.356 e. The number of methoxy groups -OCH3 is 1. The van der Waals surface area contributed by atoms with Crippen molar-refractivity contribution in [3.05, 3.63) is 108 Å². The highest BCUT2D eigenvalue weighted by Crippen LogP contribution is 2.01. The molecule has 35 heavy (non-hydrogen) atoms. The van der Waals surface area contributed by atoms with E-state index in [1.807, 2.05) is 59.7 Å². The number of hydrogen-bond acceptors (Lipinski definition) is 6. The van der Waals surface area contributed by atoms with E-state index in [4.69, 9.17) is 11.6 Å². The first-order valence-corrected chi connectivity index (χ1v) is 11.7. The van der Waals surface area contributed by atoms with Crippen LogP contribution in [0.1, 0.15) is 72.6 Å². The van der Waals surface area contributed by atoms with Crippen molar-refractivity contribution in [2.24, 2.45) is 5.90 Å². The fraction of sp³-hybridized carbons (Fsp3) is 0.250. The number of rotatable bonds is 3. The summed E-state index contributed by atoms with van der Waals surface area (Å²) >= 11 is 5.16. The lowest BCUT2D eigenvalue weighted by molar-refractivity contribution is 0.0502. The topological polar surface area (TPSA) is 95.7 Å². The molecular weight excluding hydrogens is 466 g/mol. The summed E-state index contributed by atoms with van der Waals surface area (Å²) in [6, 6.07) is 26.2. The van der Waals surface area contributed by atoms with Crippen molar-refractivity contribution < 1.29 is 24.0 Å². The molecule has 0 fully saturated rings. The van der Waals surface area contributed by atoms with Crippen molar-refractivity contribution >= 4 is 28.8 Å². The SMILES string of the molecule is CC.CC.CC.COC(=O)c1ccccc1.NOC(=O)c1ccccc1.O=C(Cl)c1ccccc1. The van der Waals surface area contributed by atoms with Gasteiger partial charge >= 0.3 is 11.9 Å². The first-order chi connectivity index (χ1) is 17.0. The van der Waals surface area contributed by atoms with Gasteiger partial charge in [0, 0.05) is 5.56 Å². The quantitative estimate of drug-likeness (QED) is 0.228. The van der Waals surface area contributed by atoms with Gasteiger partial charge in [0.2, 0.25) is 0 Å². The Morgan fingerprint density at radius 3 is 1.09 bits per heavy atom. The number of nitrogens with two attached hydrogens (primary N) is 1. The monoisotopic (exact) mass is 503 g/mol. The highest BCUT2D eigenvalue weighted by molar-refractivity contribution is 6.67. The Hall–Kier alpha value is -3.48. The number of ether oxygens (including phenoxy) is 1. The van der Waals surface area contributed by atoms with Gasteiger partial charge in [-0.25, -0.2) is 9.59 Å². The maximum atomic E-state index is 10.8.